The molecular formula is C12H11N5O4. The highest BCUT2D eigenvalue weighted by molar-refractivity contribution is 5.95. The quantitative estimate of drug-likeness (QED) is 0.484. The molecule has 0 aliphatic rings. The lowest BCUT2D eigenvalue weighted by atomic mass is 10.2. The summed E-state index contributed by atoms with van der Waals surface area (Å²) >= 11 is 0. The van der Waals surface area contributed by atoms with Crippen LogP contribution >= 0.6 is 0 Å². The Hall–Kier alpha value is -3.23. The van der Waals surface area contributed by atoms with Gasteiger partial charge in [-0.3, -0.25) is 10.1 Å². The zero-order valence-corrected chi connectivity index (χ0v) is 10.9. The van der Waals surface area contributed by atoms with Crippen molar-refractivity contribution in [2.75, 3.05) is 11.5 Å². The highest BCUT2D eigenvalue weighted by Gasteiger charge is 2.23. The van der Waals surface area contributed by atoms with Gasteiger partial charge in [0.05, 0.1) is 10.6 Å². The van der Waals surface area contributed by atoms with Gasteiger partial charge in [0, 0.05) is 6.07 Å². The second-order valence-electron chi connectivity index (χ2n) is 4.05. The molecule has 2 aromatic rings. The van der Waals surface area contributed by atoms with Crippen molar-refractivity contribution in [3.05, 3.63) is 45.6 Å². The fraction of sp³-hybridized carbons (Fsp3) is 0.0833. The molecule has 0 atom stereocenters. The molecule has 108 valence electrons. The van der Waals surface area contributed by atoms with Crippen molar-refractivity contribution in [1.29, 1.82) is 0 Å². The molecular weight excluding hydrogens is 278 g/mol. The first kappa shape index (κ1) is 14.2. The summed E-state index contributed by atoms with van der Waals surface area (Å²) in [5.41, 5.74) is 10.7. The van der Waals surface area contributed by atoms with E-state index in [-0.39, 0.29) is 34.5 Å². The summed E-state index contributed by atoms with van der Waals surface area (Å²) in [6.45, 7) is 1.52. The maximum absolute atomic E-state index is 12.1. The van der Waals surface area contributed by atoms with Crippen molar-refractivity contribution in [2.24, 2.45) is 0 Å². The number of carbonyl (C=O) groups is 1. The van der Waals surface area contributed by atoms with E-state index in [0.717, 1.165) is 0 Å². The van der Waals surface area contributed by atoms with E-state index in [1.807, 2.05) is 0 Å². The molecule has 0 bridgehead atoms. The Morgan fingerprint density at radius 3 is 2.57 bits per heavy atom. The molecule has 0 aliphatic carbocycles. The fourth-order valence-electron chi connectivity index (χ4n) is 1.69. The molecule has 0 radical (unpaired) electrons. The van der Waals surface area contributed by atoms with Crippen LogP contribution in [0.5, 0.6) is 5.75 Å². The minimum Gasteiger partial charge on any atom is -0.417 e. The van der Waals surface area contributed by atoms with Gasteiger partial charge in [0.15, 0.2) is 11.6 Å². The van der Waals surface area contributed by atoms with Gasteiger partial charge in [0.1, 0.15) is 5.56 Å². The molecule has 9 heteroatoms. The number of nitro groups is 1. The molecule has 0 fully saturated rings. The van der Waals surface area contributed by atoms with Gasteiger partial charge in [-0.1, -0.05) is 12.1 Å². The third kappa shape index (κ3) is 2.86. The first-order chi connectivity index (χ1) is 9.90. The average Bonchev–Trinajstić information content (AvgIpc) is 2.42. The Morgan fingerprint density at radius 2 is 1.95 bits per heavy atom. The van der Waals surface area contributed by atoms with Crippen LogP contribution < -0.4 is 16.2 Å². The van der Waals surface area contributed by atoms with Crippen molar-refractivity contribution in [2.45, 2.75) is 6.92 Å². The largest absolute Gasteiger partial charge is 0.417 e. The number of aromatic nitrogens is 2. The number of nitro benzene ring substituents is 1. The summed E-state index contributed by atoms with van der Waals surface area (Å²) in [5.74, 6) is -1.18. The number of carbonyl (C=O) groups excluding carboxylic acids is 1. The number of aryl methyl sites for hydroxylation is 1. The Kier molecular flexibility index (Phi) is 3.65. The van der Waals surface area contributed by atoms with E-state index in [0.29, 0.717) is 0 Å². The van der Waals surface area contributed by atoms with Crippen LogP contribution in [0.15, 0.2) is 24.3 Å². The topological polar surface area (TPSA) is 147 Å². The fourth-order valence-corrected chi connectivity index (χ4v) is 1.69. The zero-order valence-electron chi connectivity index (χ0n) is 10.9. The summed E-state index contributed by atoms with van der Waals surface area (Å²) in [4.78, 5) is 29.8. The average molecular weight is 289 g/mol. The first-order valence-corrected chi connectivity index (χ1v) is 5.75. The Balaban J connectivity index is 2.38. The standard InChI is InChI=1S/C12H11N5O4/c1-6-9(10(13)16-12(14)15-6)21-11(18)7-4-2-3-5-8(7)17(19)20/h2-5H,1H3,(H4,13,14,15,16). The van der Waals surface area contributed by atoms with E-state index in [1.165, 1.54) is 31.2 Å². The van der Waals surface area contributed by atoms with Crippen LogP contribution in [0.3, 0.4) is 0 Å². The number of nitrogen functional groups attached to an aromatic ring is 2. The lowest BCUT2D eigenvalue weighted by Crippen LogP contribution is -2.14. The van der Waals surface area contributed by atoms with E-state index in [9.17, 15) is 14.9 Å². The monoisotopic (exact) mass is 289 g/mol. The van der Waals surface area contributed by atoms with Gasteiger partial charge in [0.2, 0.25) is 5.95 Å². The third-order valence-electron chi connectivity index (χ3n) is 2.59. The van der Waals surface area contributed by atoms with Gasteiger partial charge in [-0.25, -0.2) is 9.78 Å². The molecule has 0 saturated heterocycles. The van der Waals surface area contributed by atoms with Crippen molar-refractivity contribution < 1.29 is 14.5 Å². The predicted molar refractivity (Wildman–Crippen MR) is 73.6 cm³/mol. The maximum Gasteiger partial charge on any atom is 0.350 e. The Bertz CT molecular complexity index is 708. The zero-order chi connectivity index (χ0) is 15.6. The molecule has 4 N–H and O–H groups in total. The molecule has 0 saturated carbocycles. The first-order valence-electron chi connectivity index (χ1n) is 5.75. The molecule has 2 rings (SSSR count). The molecule has 1 aromatic carbocycles. The minimum absolute atomic E-state index is 0.0597. The molecule has 0 spiro atoms. The molecule has 0 unspecified atom stereocenters. The maximum atomic E-state index is 12.1. The van der Waals surface area contributed by atoms with Gasteiger partial charge in [-0.15, -0.1) is 0 Å². The van der Waals surface area contributed by atoms with Crippen LogP contribution in [-0.4, -0.2) is 20.9 Å². The van der Waals surface area contributed by atoms with E-state index >= 15 is 0 Å². The predicted octanol–water partition coefficient (Wildman–Crippen LogP) is 1.08. The highest BCUT2D eigenvalue weighted by Crippen LogP contribution is 2.26. The van der Waals surface area contributed by atoms with Crippen LogP contribution in [-0.2, 0) is 0 Å². The summed E-state index contributed by atoms with van der Waals surface area (Å²) < 4.78 is 5.06. The number of nitrogens with two attached hydrogens (primary N) is 2. The normalized spacial score (nSPS) is 10.1. The number of hydrogen-bond donors (Lipinski definition) is 2. The van der Waals surface area contributed by atoms with Gasteiger partial charge < -0.3 is 16.2 Å². The van der Waals surface area contributed by atoms with Crippen molar-refractivity contribution in [3.8, 4) is 5.75 Å². The third-order valence-corrected chi connectivity index (χ3v) is 2.59. The van der Waals surface area contributed by atoms with Gasteiger partial charge in [-0.05, 0) is 13.0 Å². The van der Waals surface area contributed by atoms with E-state index in [4.69, 9.17) is 16.2 Å². The SMILES string of the molecule is Cc1nc(N)nc(N)c1OC(=O)c1ccccc1[N+](=O)[O-]. The van der Waals surface area contributed by atoms with Gasteiger partial charge >= 0.3 is 5.97 Å². The molecule has 1 aromatic heterocycles. The number of ether oxygens (including phenoxy) is 1. The number of anilines is 2. The van der Waals surface area contributed by atoms with Crippen LogP contribution in [0.1, 0.15) is 16.1 Å². The van der Waals surface area contributed by atoms with E-state index < -0.39 is 10.9 Å². The van der Waals surface area contributed by atoms with Gasteiger partial charge in [-0.2, -0.15) is 4.98 Å². The second-order valence-corrected chi connectivity index (χ2v) is 4.05. The van der Waals surface area contributed by atoms with E-state index in [1.54, 1.807) is 0 Å². The van der Waals surface area contributed by atoms with Gasteiger partial charge in [0.25, 0.3) is 5.69 Å². The molecule has 9 nitrogen and oxygen atoms in total. The van der Waals surface area contributed by atoms with Crippen LogP contribution in [0.4, 0.5) is 17.5 Å². The van der Waals surface area contributed by atoms with Crippen molar-refractivity contribution >= 4 is 23.4 Å². The minimum atomic E-state index is -0.925. The second kappa shape index (κ2) is 5.41. The lowest BCUT2D eigenvalue weighted by Gasteiger charge is -2.09. The van der Waals surface area contributed by atoms with Crippen molar-refractivity contribution in [3.63, 3.8) is 0 Å². The number of hydrogen-bond acceptors (Lipinski definition) is 8. The number of benzene rings is 1. The summed E-state index contributed by atoms with van der Waals surface area (Å²) in [7, 11) is 0. The number of para-hydroxylation sites is 1. The molecule has 21 heavy (non-hydrogen) atoms. The summed E-state index contributed by atoms with van der Waals surface area (Å²) in [6.07, 6.45) is 0. The molecule has 0 aliphatic heterocycles. The number of nitrogens with zero attached hydrogens (tertiary/aromatic N) is 3. The lowest BCUT2D eigenvalue weighted by molar-refractivity contribution is -0.385. The molecule has 1 heterocycles. The highest BCUT2D eigenvalue weighted by atomic mass is 16.6. The molecule has 0 amide bonds. The van der Waals surface area contributed by atoms with Crippen LogP contribution in [0.2, 0.25) is 0 Å². The van der Waals surface area contributed by atoms with Crippen LogP contribution in [0, 0.1) is 17.0 Å². The Morgan fingerprint density at radius 1 is 1.29 bits per heavy atom. The smallest absolute Gasteiger partial charge is 0.350 e. The van der Waals surface area contributed by atoms with Crippen molar-refractivity contribution in [1.82, 2.24) is 9.97 Å². The summed E-state index contributed by atoms with van der Waals surface area (Å²) in [6, 6.07) is 5.41. The Labute approximate surface area is 118 Å². The number of esters is 1. The summed E-state index contributed by atoms with van der Waals surface area (Å²) in [5, 5.41) is 10.9. The number of rotatable bonds is 3. The van der Waals surface area contributed by atoms with E-state index in [2.05, 4.69) is 9.97 Å². The van der Waals surface area contributed by atoms with Crippen LogP contribution in [0.25, 0.3) is 0 Å².